The fourth-order valence-electron chi connectivity index (χ4n) is 7.01. The number of nitro groups is 2. The number of carbonyl (C=O) groups is 4. The molecule has 0 unspecified atom stereocenters. The van der Waals surface area contributed by atoms with Gasteiger partial charge in [-0.2, -0.15) is 0 Å². The molecule has 20 heteroatoms. The van der Waals surface area contributed by atoms with Crippen LogP contribution in [-0.4, -0.2) is 95.3 Å². The second-order valence-corrected chi connectivity index (χ2v) is 13.4. The van der Waals surface area contributed by atoms with Crippen LogP contribution in [0.4, 0.5) is 11.4 Å². The minimum Gasteiger partial charge on any atom is -0.508 e. The Morgan fingerprint density at radius 3 is 1.86 bits per heavy atom. The number of nitro benzene ring substituents is 2. The molecular formula is C36H36ClN5O14. The number of halogens is 1. The van der Waals surface area contributed by atoms with E-state index in [0.29, 0.717) is 0 Å². The summed E-state index contributed by atoms with van der Waals surface area (Å²) in [4.78, 5) is 69.9. The monoisotopic (exact) mass is 797 g/mol. The van der Waals surface area contributed by atoms with Crippen LogP contribution in [0, 0.1) is 32.1 Å². The van der Waals surface area contributed by atoms with E-state index in [9.17, 15) is 64.9 Å². The molecule has 296 valence electrons. The third-order valence-electron chi connectivity index (χ3n) is 9.50. The van der Waals surface area contributed by atoms with Gasteiger partial charge in [-0.15, -0.1) is 11.6 Å². The average molecular weight is 798 g/mol. The Bertz CT molecular complexity index is 2150. The smallest absolute Gasteiger partial charge is 0.311 e. The van der Waals surface area contributed by atoms with Crippen LogP contribution >= 0.6 is 11.6 Å². The number of carbonyl (C=O) groups excluding carboxylic acids is 4. The molecule has 0 heterocycles. The third-order valence-corrected chi connectivity index (χ3v) is 9.76. The molecular weight excluding hydrogens is 762 g/mol. The number of benzene rings is 3. The van der Waals surface area contributed by atoms with Crippen LogP contribution in [0.2, 0.25) is 0 Å². The van der Waals surface area contributed by atoms with Crippen molar-refractivity contribution in [3.05, 3.63) is 115 Å². The predicted molar refractivity (Wildman–Crippen MR) is 196 cm³/mol. The van der Waals surface area contributed by atoms with Crippen LogP contribution < -0.4 is 16.2 Å². The maximum Gasteiger partial charge on any atom is 0.311 e. The zero-order valence-corrected chi connectivity index (χ0v) is 30.5. The molecule has 0 spiro atoms. The Balaban J connectivity index is 0.000000245. The van der Waals surface area contributed by atoms with Crippen LogP contribution in [0.25, 0.3) is 5.76 Å². The molecule has 0 bridgehead atoms. The lowest BCUT2D eigenvalue weighted by Gasteiger charge is -2.53. The number of hydrogen-bond acceptors (Lipinski definition) is 15. The lowest BCUT2D eigenvalue weighted by Crippen LogP contribution is -2.67. The summed E-state index contributed by atoms with van der Waals surface area (Å²) in [6, 6.07) is 14.4. The Kier molecular flexibility index (Phi) is 12.2. The quantitative estimate of drug-likeness (QED) is 0.0782. The number of Topliss-reactive ketones (excluding diaryl/α,β-unsaturated/α-hetero) is 2. The number of aliphatic hydroxyl groups excluding tert-OH is 2. The van der Waals surface area contributed by atoms with E-state index in [4.69, 9.17) is 22.1 Å². The fraction of sp³-hybridized carbons (Fsp3) is 0.278. The molecule has 56 heavy (non-hydrogen) atoms. The number of nitrogens with two attached hydrogens (primary N) is 2. The van der Waals surface area contributed by atoms with Crippen LogP contribution in [0.5, 0.6) is 17.2 Å². The van der Waals surface area contributed by atoms with E-state index in [1.54, 1.807) is 12.1 Å². The molecule has 19 nitrogen and oxygen atoms in total. The SMILES string of the molecule is CN(C)[C@@H]1C(=O)C(C(N)=O)=C(O)[C@@]2(O)C(=O)C3=C(O)c4c(O)cccc4[C@@](C)(O)[C@H]3C[C@@H]12.NC(=O)CCl.O=[N+]([O-])c1ccccc1Oc1ccccc1[N+](=O)[O-]. The number of nitrogens with zero attached hydrogens (tertiary/aromatic N) is 3. The summed E-state index contributed by atoms with van der Waals surface area (Å²) in [5, 5.41) is 76.5. The minimum atomic E-state index is -2.75. The number of aromatic hydroxyl groups is 1. The van der Waals surface area contributed by atoms with E-state index in [-0.39, 0.29) is 46.3 Å². The molecule has 9 N–H and O–H groups in total. The summed E-state index contributed by atoms with van der Waals surface area (Å²) in [7, 11) is 3.01. The van der Waals surface area contributed by atoms with E-state index >= 15 is 0 Å². The number of ether oxygens (including phenoxy) is 1. The van der Waals surface area contributed by atoms with Crippen molar-refractivity contribution in [1.29, 1.82) is 0 Å². The highest BCUT2D eigenvalue weighted by molar-refractivity contribution is 6.27. The van der Waals surface area contributed by atoms with Gasteiger partial charge in [0.15, 0.2) is 11.4 Å². The number of phenolic OH excluding ortho intramolecular Hbond substituents is 1. The van der Waals surface area contributed by atoms with Crippen LogP contribution in [0.15, 0.2) is 83.6 Å². The van der Waals surface area contributed by atoms with E-state index in [1.165, 1.54) is 80.5 Å². The van der Waals surface area contributed by atoms with Crippen molar-refractivity contribution in [2.45, 2.75) is 30.6 Å². The van der Waals surface area contributed by atoms with Gasteiger partial charge >= 0.3 is 11.4 Å². The zero-order chi connectivity index (χ0) is 42.0. The van der Waals surface area contributed by atoms with Crippen molar-refractivity contribution >= 4 is 52.1 Å². The average Bonchev–Trinajstić information content (AvgIpc) is 3.12. The van der Waals surface area contributed by atoms with Crippen molar-refractivity contribution in [1.82, 2.24) is 4.90 Å². The standard InChI is InChI=1S/C22H24N2O8.C12H8N2O5.C2H4ClNO/c1-21(31)8-5-4-6-11(25)12(8)16(26)13-9(21)7-10-15(24(2)3)17(27)14(20(23)30)19(29)22(10,32)18(13)28;15-13(16)9-5-1-3-7-11(9)19-12-8-4-2-6-10(12)14(17)18;3-1-2(4)5/h4-6,9-10,15,25-26,29,31-32H,7H2,1-3H3,(H2,23,30);1-8H;1H2,(H2,4,5)/t9-,10-,15-,21+,22-;;/m0../s1. The molecule has 0 aromatic heterocycles. The normalized spacial score (nSPS) is 23.7. The van der Waals surface area contributed by atoms with Gasteiger partial charge in [-0.05, 0) is 51.2 Å². The summed E-state index contributed by atoms with van der Waals surface area (Å²) >= 11 is 4.86. The molecule has 5 atom stereocenters. The van der Waals surface area contributed by atoms with Crippen molar-refractivity contribution in [2.24, 2.45) is 23.3 Å². The number of likely N-dealkylation sites (N-methyl/N-ethyl adjacent to an activating group) is 1. The highest BCUT2D eigenvalue weighted by Crippen LogP contribution is 2.57. The van der Waals surface area contributed by atoms with E-state index < -0.39 is 90.7 Å². The first-order chi connectivity index (χ1) is 26.1. The number of ketones is 2. The first-order valence-electron chi connectivity index (χ1n) is 16.3. The number of alkyl halides is 1. The first-order valence-corrected chi connectivity index (χ1v) is 16.9. The Morgan fingerprint density at radius 1 is 0.911 bits per heavy atom. The second kappa shape index (κ2) is 16.1. The van der Waals surface area contributed by atoms with Gasteiger partial charge in [0, 0.05) is 29.5 Å². The number of fused-ring (bicyclic) bond motifs is 3. The molecule has 0 aliphatic heterocycles. The summed E-state index contributed by atoms with van der Waals surface area (Å²) < 4.78 is 5.28. The number of para-hydroxylation sites is 4. The van der Waals surface area contributed by atoms with Gasteiger partial charge in [0.25, 0.3) is 5.91 Å². The highest BCUT2D eigenvalue weighted by Gasteiger charge is 2.66. The summed E-state index contributed by atoms with van der Waals surface area (Å²) in [6.45, 7) is 1.40. The van der Waals surface area contributed by atoms with Gasteiger partial charge in [0.05, 0.1) is 27.1 Å². The third kappa shape index (κ3) is 7.47. The maximum atomic E-state index is 13.7. The van der Waals surface area contributed by atoms with Crippen molar-refractivity contribution in [3.8, 4) is 17.2 Å². The summed E-state index contributed by atoms with van der Waals surface area (Å²) in [5.41, 5.74) is 3.47. The number of phenols is 1. The van der Waals surface area contributed by atoms with E-state index in [2.05, 4.69) is 5.73 Å². The summed E-state index contributed by atoms with van der Waals surface area (Å²) in [5.74, 6) is -8.54. The molecule has 0 saturated heterocycles. The van der Waals surface area contributed by atoms with Gasteiger partial charge in [-0.3, -0.25) is 44.3 Å². The van der Waals surface area contributed by atoms with Gasteiger partial charge in [-0.1, -0.05) is 36.4 Å². The number of aliphatic hydroxyl groups is 4. The lowest BCUT2D eigenvalue weighted by molar-refractivity contribution is -0.387. The van der Waals surface area contributed by atoms with E-state index in [0.717, 1.165) is 0 Å². The minimum absolute atomic E-state index is 0.0400. The summed E-state index contributed by atoms with van der Waals surface area (Å²) in [6.07, 6.45) is -0.200. The molecule has 3 aliphatic rings. The van der Waals surface area contributed by atoms with Crippen LogP contribution in [0.3, 0.4) is 0 Å². The molecule has 0 radical (unpaired) electrons. The zero-order valence-electron chi connectivity index (χ0n) is 29.8. The first kappa shape index (κ1) is 42.3. The fourth-order valence-corrected chi connectivity index (χ4v) is 7.01. The van der Waals surface area contributed by atoms with Crippen molar-refractivity contribution in [2.75, 3.05) is 20.0 Å². The Morgan fingerprint density at radius 2 is 1.41 bits per heavy atom. The van der Waals surface area contributed by atoms with Crippen molar-refractivity contribution in [3.63, 3.8) is 0 Å². The molecule has 1 fully saturated rings. The number of primary amides is 2. The molecule has 3 aliphatic carbocycles. The van der Waals surface area contributed by atoms with Crippen LogP contribution in [0.1, 0.15) is 24.5 Å². The maximum absolute atomic E-state index is 13.7. The van der Waals surface area contributed by atoms with Crippen molar-refractivity contribution < 1.29 is 59.3 Å². The van der Waals surface area contributed by atoms with Gasteiger partial charge in [-0.25, -0.2) is 0 Å². The topological polar surface area (TPSA) is 320 Å². The van der Waals surface area contributed by atoms with E-state index in [1.807, 2.05) is 0 Å². The molecule has 3 aromatic rings. The molecule has 1 saturated carbocycles. The highest BCUT2D eigenvalue weighted by atomic mass is 35.5. The Labute approximate surface area is 322 Å². The van der Waals surface area contributed by atoms with Gasteiger partial charge in [0.1, 0.15) is 28.7 Å². The predicted octanol–water partition coefficient (Wildman–Crippen LogP) is 2.63. The van der Waals surface area contributed by atoms with Crippen LogP contribution in [-0.2, 0) is 24.8 Å². The molecule has 2 amide bonds. The number of amides is 2. The largest absolute Gasteiger partial charge is 0.508 e. The van der Waals surface area contributed by atoms with Gasteiger partial charge < -0.3 is 41.7 Å². The second-order valence-electron chi connectivity index (χ2n) is 13.1. The van der Waals surface area contributed by atoms with Gasteiger partial charge in [0.2, 0.25) is 23.2 Å². The lowest BCUT2D eigenvalue weighted by atomic mass is 9.54. The molecule has 3 aromatic carbocycles. The molecule has 6 rings (SSSR count). The number of rotatable bonds is 7. The number of hydrogen-bond donors (Lipinski definition) is 7. The Hall–Kier alpha value is -6.41.